The van der Waals surface area contributed by atoms with Crippen molar-refractivity contribution in [1.29, 1.82) is 0 Å². The van der Waals surface area contributed by atoms with Gasteiger partial charge in [0.05, 0.1) is 0 Å². The standard InChI is InChI=1S/C19H22ClN/c1-13-10-11-19(18-9-4-3-8-17(13)18)21-14(2)15-6-5-7-16(20)12-15/h3-9,12-14,19,21H,10-11H2,1-2H3/t13?,14-,19?/m1/s1. The molecule has 0 amide bonds. The monoisotopic (exact) mass is 299 g/mol. The lowest BCUT2D eigenvalue weighted by atomic mass is 9.80. The second-order valence-corrected chi connectivity index (χ2v) is 6.54. The molecule has 0 aromatic heterocycles. The highest BCUT2D eigenvalue weighted by Crippen LogP contribution is 2.38. The van der Waals surface area contributed by atoms with Crippen LogP contribution in [0.15, 0.2) is 48.5 Å². The third-order valence-electron chi connectivity index (χ3n) is 4.59. The molecule has 110 valence electrons. The number of nitrogens with one attached hydrogen (secondary N) is 1. The van der Waals surface area contributed by atoms with Gasteiger partial charge in [-0.3, -0.25) is 0 Å². The molecular weight excluding hydrogens is 278 g/mol. The van der Waals surface area contributed by atoms with Crippen LogP contribution in [0.4, 0.5) is 0 Å². The minimum atomic E-state index is 0.301. The molecule has 0 heterocycles. The van der Waals surface area contributed by atoms with Crippen molar-refractivity contribution in [2.75, 3.05) is 0 Å². The highest BCUT2D eigenvalue weighted by molar-refractivity contribution is 6.30. The molecular formula is C19H22ClN. The van der Waals surface area contributed by atoms with Crippen molar-refractivity contribution >= 4 is 11.6 Å². The average molecular weight is 300 g/mol. The molecule has 3 rings (SSSR count). The van der Waals surface area contributed by atoms with Crippen LogP contribution < -0.4 is 5.32 Å². The Balaban J connectivity index is 1.81. The summed E-state index contributed by atoms with van der Waals surface area (Å²) in [5.74, 6) is 0.667. The fraction of sp³-hybridized carbons (Fsp3) is 0.368. The summed E-state index contributed by atoms with van der Waals surface area (Å²) in [4.78, 5) is 0. The van der Waals surface area contributed by atoms with Gasteiger partial charge in [0.2, 0.25) is 0 Å². The van der Waals surface area contributed by atoms with E-state index in [1.54, 1.807) is 0 Å². The predicted octanol–water partition coefficient (Wildman–Crippen LogP) is 5.63. The van der Waals surface area contributed by atoms with Crippen LogP contribution in [-0.2, 0) is 0 Å². The summed E-state index contributed by atoms with van der Waals surface area (Å²) in [5, 5.41) is 4.58. The molecule has 0 fully saturated rings. The highest BCUT2D eigenvalue weighted by atomic mass is 35.5. The van der Waals surface area contributed by atoms with Crippen LogP contribution in [0.25, 0.3) is 0 Å². The van der Waals surface area contributed by atoms with E-state index in [1.165, 1.54) is 29.5 Å². The smallest absolute Gasteiger partial charge is 0.0409 e. The van der Waals surface area contributed by atoms with Crippen LogP contribution in [0.2, 0.25) is 5.02 Å². The maximum absolute atomic E-state index is 6.10. The molecule has 1 aliphatic carbocycles. The van der Waals surface area contributed by atoms with Crippen molar-refractivity contribution < 1.29 is 0 Å². The van der Waals surface area contributed by atoms with Gasteiger partial charge in [0, 0.05) is 17.1 Å². The Morgan fingerprint density at radius 3 is 2.57 bits per heavy atom. The number of hydrogen-bond acceptors (Lipinski definition) is 1. The first-order chi connectivity index (χ1) is 10.1. The lowest BCUT2D eigenvalue weighted by molar-refractivity contribution is 0.396. The van der Waals surface area contributed by atoms with Crippen molar-refractivity contribution in [3.05, 3.63) is 70.2 Å². The van der Waals surface area contributed by atoms with Crippen molar-refractivity contribution in [2.24, 2.45) is 0 Å². The zero-order valence-electron chi connectivity index (χ0n) is 12.6. The molecule has 21 heavy (non-hydrogen) atoms. The number of benzene rings is 2. The van der Waals surface area contributed by atoms with E-state index in [2.05, 4.69) is 55.6 Å². The largest absolute Gasteiger partial charge is 0.303 e. The molecule has 2 aromatic rings. The molecule has 0 aliphatic heterocycles. The van der Waals surface area contributed by atoms with E-state index in [9.17, 15) is 0 Å². The predicted molar refractivity (Wildman–Crippen MR) is 89.8 cm³/mol. The zero-order valence-corrected chi connectivity index (χ0v) is 13.4. The number of halogens is 1. The van der Waals surface area contributed by atoms with E-state index in [-0.39, 0.29) is 0 Å². The Bertz CT molecular complexity index is 622. The summed E-state index contributed by atoms with van der Waals surface area (Å²) in [7, 11) is 0. The van der Waals surface area contributed by atoms with Gasteiger partial charge in [-0.2, -0.15) is 0 Å². The molecule has 0 radical (unpaired) electrons. The molecule has 2 unspecified atom stereocenters. The van der Waals surface area contributed by atoms with Crippen LogP contribution in [0.5, 0.6) is 0 Å². The van der Waals surface area contributed by atoms with E-state index in [0.717, 1.165) is 5.02 Å². The summed E-state index contributed by atoms with van der Waals surface area (Å²) in [6.07, 6.45) is 2.44. The first kappa shape index (κ1) is 14.6. The van der Waals surface area contributed by atoms with Gasteiger partial charge in [0.15, 0.2) is 0 Å². The van der Waals surface area contributed by atoms with E-state index in [4.69, 9.17) is 11.6 Å². The third kappa shape index (κ3) is 3.14. The SMILES string of the molecule is CC1CCC(N[C@H](C)c2cccc(Cl)c2)c2ccccc21. The van der Waals surface area contributed by atoms with Crippen molar-refractivity contribution in [3.63, 3.8) is 0 Å². The van der Waals surface area contributed by atoms with Gasteiger partial charge in [-0.05, 0) is 54.5 Å². The number of fused-ring (bicyclic) bond motifs is 1. The fourth-order valence-electron chi connectivity index (χ4n) is 3.35. The zero-order chi connectivity index (χ0) is 14.8. The van der Waals surface area contributed by atoms with Gasteiger partial charge in [-0.25, -0.2) is 0 Å². The topological polar surface area (TPSA) is 12.0 Å². The number of hydrogen-bond donors (Lipinski definition) is 1. The van der Waals surface area contributed by atoms with Crippen LogP contribution in [0, 0.1) is 0 Å². The Morgan fingerprint density at radius 2 is 1.81 bits per heavy atom. The van der Waals surface area contributed by atoms with Crippen LogP contribution in [0.3, 0.4) is 0 Å². The van der Waals surface area contributed by atoms with Gasteiger partial charge < -0.3 is 5.32 Å². The first-order valence-electron chi connectivity index (χ1n) is 7.75. The molecule has 0 saturated heterocycles. The van der Waals surface area contributed by atoms with Crippen LogP contribution in [0.1, 0.15) is 61.4 Å². The summed E-state index contributed by atoms with van der Waals surface area (Å²) in [6.45, 7) is 4.54. The second-order valence-electron chi connectivity index (χ2n) is 6.10. The van der Waals surface area contributed by atoms with Gasteiger partial charge in [0.1, 0.15) is 0 Å². The van der Waals surface area contributed by atoms with Gasteiger partial charge in [0.25, 0.3) is 0 Å². The van der Waals surface area contributed by atoms with Crippen LogP contribution in [-0.4, -0.2) is 0 Å². The van der Waals surface area contributed by atoms with E-state index in [0.29, 0.717) is 18.0 Å². The Kier molecular flexibility index (Phi) is 4.32. The molecule has 1 nitrogen and oxygen atoms in total. The lowest BCUT2D eigenvalue weighted by Gasteiger charge is -2.32. The van der Waals surface area contributed by atoms with Crippen LogP contribution >= 0.6 is 11.6 Å². The lowest BCUT2D eigenvalue weighted by Crippen LogP contribution is -2.28. The van der Waals surface area contributed by atoms with Crippen molar-refractivity contribution in [1.82, 2.24) is 5.32 Å². The second kappa shape index (κ2) is 6.21. The molecule has 2 heteroatoms. The highest BCUT2D eigenvalue weighted by Gasteiger charge is 2.25. The van der Waals surface area contributed by atoms with Crippen molar-refractivity contribution in [3.8, 4) is 0 Å². The van der Waals surface area contributed by atoms with Crippen molar-refractivity contribution in [2.45, 2.75) is 44.7 Å². The minimum Gasteiger partial charge on any atom is -0.303 e. The Labute approximate surface area is 132 Å². The number of rotatable bonds is 3. The van der Waals surface area contributed by atoms with E-state index >= 15 is 0 Å². The van der Waals surface area contributed by atoms with Gasteiger partial charge in [-0.1, -0.05) is 54.9 Å². The maximum atomic E-state index is 6.10. The molecule has 1 aliphatic rings. The quantitative estimate of drug-likeness (QED) is 0.774. The fourth-order valence-corrected chi connectivity index (χ4v) is 3.55. The van der Waals surface area contributed by atoms with Gasteiger partial charge >= 0.3 is 0 Å². The summed E-state index contributed by atoms with van der Waals surface area (Å²) < 4.78 is 0. The minimum absolute atomic E-state index is 0.301. The summed E-state index contributed by atoms with van der Waals surface area (Å²) >= 11 is 6.10. The molecule has 0 spiro atoms. The Morgan fingerprint density at radius 1 is 1.05 bits per heavy atom. The Hall–Kier alpha value is -1.31. The normalized spacial score (nSPS) is 22.6. The summed E-state index contributed by atoms with van der Waals surface area (Å²) in [6, 6.07) is 17.7. The average Bonchev–Trinajstić information content (AvgIpc) is 2.50. The first-order valence-corrected chi connectivity index (χ1v) is 8.13. The van der Waals surface area contributed by atoms with E-state index < -0.39 is 0 Å². The van der Waals surface area contributed by atoms with E-state index in [1.807, 2.05) is 12.1 Å². The molecule has 0 saturated carbocycles. The molecule has 2 aromatic carbocycles. The molecule has 0 bridgehead atoms. The summed E-state index contributed by atoms with van der Waals surface area (Å²) in [5.41, 5.74) is 4.21. The maximum Gasteiger partial charge on any atom is 0.0409 e. The third-order valence-corrected chi connectivity index (χ3v) is 4.83. The molecule has 3 atom stereocenters. The molecule has 1 N–H and O–H groups in total. The van der Waals surface area contributed by atoms with Gasteiger partial charge in [-0.15, -0.1) is 0 Å².